The minimum atomic E-state index is 0.245. The summed E-state index contributed by atoms with van der Waals surface area (Å²) in [5, 5.41) is 6.81. The fourth-order valence-electron chi connectivity index (χ4n) is 2.41. The summed E-state index contributed by atoms with van der Waals surface area (Å²) in [6.07, 6.45) is 1.83. The van der Waals surface area contributed by atoms with E-state index < -0.39 is 0 Å². The lowest BCUT2D eigenvalue weighted by atomic mass is 9.99. The van der Waals surface area contributed by atoms with Crippen LogP contribution in [0.1, 0.15) is 22.0 Å². The summed E-state index contributed by atoms with van der Waals surface area (Å²) in [4.78, 5) is 5.71. The molecule has 1 unspecified atom stereocenters. The van der Waals surface area contributed by atoms with E-state index >= 15 is 0 Å². The Hall–Kier alpha value is -1.71. The van der Waals surface area contributed by atoms with Crippen LogP contribution in [-0.2, 0) is 0 Å². The molecule has 1 N–H and O–H groups in total. The molecule has 0 aliphatic carbocycles. The Kier molecular flexibility index (Phi) is 3.32. The highest BCUT2D eigenvalue weighted by Gasteiger charge is 2.13. The minimum Gasteiger partial charge on any atom is -0.309 e. The number of pyridine rings is 1. The Labute approximate surface area is 117 Å². The van der Waals surface area contributed by atoms with E-state index in [0.29, 0.717) is 0 Å². The molecule has 1 aromatic carbocycles. The van der Waals surface area contributed by atoms with Gasteiger partial charge in [-0.15, -0.1) is 11.3 Å². The maximum Gasteiger partial charge on any atom is 0.0702 e. The van der Waals surface area contributed by atoms with E-state index in [1.807, 2.05) is 19.3 Å². The molecule has 0 aliphatic rings. The van der Waals surface area contributed by atoms with Crippen molar-refractivity contribution in [2.45, 2.75) is 13.0 Å². The average molecular weight is 268 g/mol. The van der Waals surface area contributed by atoms with Crippen LogP contribution in [-0.4, -0.2) is 12.0 Å². The van der Waals surface area contributed by atoms with Gasteiger partial charge in [0.25, 0.3) is 0 Å². The second kappa shape index (κ2) is 5.11. The van der Waals surface area contributed by atoms with Crippen LogP contribution in [0.5, 0.6) is 0 Å². The van der Waals surface area contributed by atoms with Crippen molar-refractivity contribution in [2.75, 3.05) is 7.05 Å². The molecule has 0 saturated heterocycles. The zero-order chi connectivity index (χ0) is 13.2. The van der Waals surface area contributed by atoms with E-state index in [4.69, 9.17) is 0 Å². The van der Waals surface area contributed by atoms with Gasteiger partial charge in [-0.25, -0.2) is 0 Å². The van der Waals surface area contributed by atoms with Crippen LogP contribution in [0.25, 0.3) is 10.9 Å². The van der Waals surface area contributed by atoms with Crippen molar-refractivity contribution < 1.29 is 0 Å². The smallest absolute Gasteiger partial charge is 0.0702 e. The lowest BCUT2D eigenvalue weighted by Gasteiger charge is -2.16. The third kappa shape index (κ3) is 2.39. The molecule has 96 valence electrons. The zero-order valence-electron chi connectivity index (χ0n) is 11.1. The Morgan fingerprint density at radius 1 is 1.16 bits per heavy atom. The summed E-state index contributed by atoms with van der Waals surface area (Å²) < 4.78 is 0. The molecule has 2 aromatic heterocycles. The number of hydrogen-bond donors (Lipinski definition) is 1. The van der Waals surface area contributed by atoms with Crippen molar-refractivity contribution in [2.24, 2.45) is 0 Å². The highest BCUT2D eigenvalue weighted by molar-refractivity contribution is 7.10. The first kappa shape index (κ1) is 12.3. The van der Waals surface area contributed by atoms with E-state index in [-0.39, 0.29) is 6.04 Å². The standard InChI is InChI=1S/C16H16N2S/c1-11-8-14(10-19-11)16(17-2)13-5-6-15-12(9-13)4-3-7-18-15/h3-10,16-17H,1-2H3. The molecule has 2 heterocycles. The van der Waals surface area contributed by atoms with Crippen LogP contribution in [0.4, 0.5) is 0 Å². The van der Waals surface area contributed by atoms with Crippen LogP contribution in [0, 0.1) is 6.92 Å². The van der Waals surface area contributed by atoms with Crippen molar-refractivity contribution in [1.29, 1.82) is 0 Å². The summed E-state index contributed by atoms with van der Waals surface area (Å²) in [5.41, 5.74) is 3.65. The number of nitrogens with zero attached hydrogens (tertiary/aromatic N) is 1. The predicted octanol–water partition coefficient (Wildman–Crippen LogP) is 3.91. The molecule has 19 heavy (non-hydrogen) atoms. The summed E-state index contributed by atoms with van der Waals surface area (Å²) in [5.74, 6) is 0. The first-order chi connectivity index (χ1) is 9.28. The van der Waals surface area contributed by atoms with Crippen molar-refractivity contribution in [3.05, 3.63) is 64.0 Å². The Bertz CT molecular complexity index is 703. The Morgan fingerprint density at radius 2 is 2.05 bits per heavy atom. The van der Waals surface area contributed by atoms with E-state index in [1.165, 1.54) is 21.4 Å². The number of benzene rings is 1. The van der Waals surface area contributed by atoms with Gasteiger partial charge in [0, 0.05) is 16.5 Å². The normalized spacial score (nSPS) is 12.7. The molecule has 1 atom stereocenters. The number of aryl methyl sites for hydroxylation is 1. The fraction of sp³-hybridized carbons (Fsp3) is 0.188. The van der Waals surface area contributed by atoms with Gasteiger partial charge in [-0.2, -0.15) is 0 Å². The van der Waals surface area contributed by atoms with Gasteiger partial charge in [-0.3, -0.25) is 4.98 Å². The van der Waals surface area contributed by atoms with Gasteiger partial charge in [0.05, 0.1) is 11.6 Å². The third-order valence-corrected chi connectivity index (χ3v) is 4.21. The fourth-order valence-corrected chi connectivity index (χ4v) is 3.14. The molecule has 3 rings (SSSR count). The summed E-state index contributed by atoms with van der Waals surface area (Å²) in [6, 6.07) is 13.1. The van der Waals surface area contributed by atoms with Crippen molar-refractivity contribution in [3.63, 3.8) is 0 Å². The topological polar surface area (TPSA) is 24.9 Å². The summed E-state index contributed by atoms with van der Waals surface area (Å²) >= 11 is 1.79. The second-order valence-electron chi connectivity index (χ2n) is 4.67. The number of fused-ring (bicyclic) bond motifs is 1. The Morgan fingerprint density at radius 3 is 2.79 bits per heavy atom. The van der Waals surface area contributed by atoms with Crippen molar-refractivity contribution in [3.8, 4) is 0 Å². The molecule has 0 amide bonds. The maximum absolute atomic E-state index is 4.37. The van der Waals surface area contributed by atoms with Gasteiger partial charge in [0.15, 0.2) is 0 Å². The minimum absolute atomic E-state index is 0.245. The van der Waals surface area contributed by atoms with Crippen molar-refractivity contribution >= 4 is 22.2 Å². The van der Waals surface area contributed by atoms with E-state index in [1.54, 1.807) is 11.3 Å². The lowest BCUT2D eigenvalue weighted by molar-refractivity contribution is 0.695. The first-order valence-corrected chi connectivity index (χ1v) is 7.23. The van der Waals surface area contributed by atoms with E-state index in [0.717, 1.165) is 5.52 Å². The highest BCUT2D eigenvalue weighted by atomic mass is 32.1. The molecule has 0 radical (unpaired) electrons. The first-order valence-electron chi connectivity index (χ1n) is 6.35. The van der Waals surface area contributed by atoms with E-state index in [9.17, 15) is 0 Å². The van der Waals surface area contributed by atoms with Crippen LogP contribution >= 0.6 is 11.3 Å². The third-order valence-electron chi connectivity index (χ3n) is 3.33. The summed E-state index contributed by atoms with van der Waals surface area (Å²) in [7, 11) is 2.01. The lowest BCUT2D eigenvalue weighted by Crippen LogP contribution is -2.16. The molecule has 0 bridgehead atoms. The molecular formula is C16H16N2S. The molecular weight excluding hydrogens is 252 g/mol. The zero-order valence-corrected chi connectivity index (χ0v) is 11.9. The number of aromatic nitrogens is 1. The molecule has 0 saturated carbocycles. The molecule has 0 fully saturated rings. The van der Waals surface area contributed by atoms with Gasteiger partial charge in [-0.1, -0.05) is 12.1 Å². The van der Waals surface area contributed by atoms with Gasteiger partial charge in [0.1, 0.15) is 0 Å². The number of hydrogen-bond acceptors (Lipinski definition) is 3. The molecule has 3 aromatic rings. The number of nitrogens with one attached hydrogen (secondary N) is 1. The number of rotatable bonds is 3. The SMILES string of the molecule is CNC(c1csc(C)c1)c1ccc2ncccc2c1. The quantitative estimate of drug-likeness (QED) is 0.779. The summed E-state index contributed by atoms with van der Waals surface area (Å²) in [6.45, 7) is 2.14. The van der Waals surface area contributed by atoms with Crippen LogP contribution < -0.4 is 5.32 Å². The maximum atomic E-state index is 4.37. The molecule has 3 heteroatoms. The highest BCUT2D eigenvalue weighted by Crippen LogP contribution is 2.27. The van der Waals surface area contributed by atoms with Crippen LogP contribution in [0.2, 0.25) is 0 Å². The second-order valence-corrected chi connectivity index (χ2v) is 5.78. The van der Waals surface area contributed by atoms with Crippen LogP contribution in [0.15, 0.2) is 48.0 Å². The molecule has 0 spiro atoms. The van der Waals surface area contributed by atoms with Gasteiger partial charge < -0.3 is 5.32 Å². The Balaban J connectivity index is 2.06. The van der Waals surface area contributed by atoms with E-state index in [2.05, 4.69) is 52.9 Å². The molecule has 0 aliphatic heterocycles. The van der Waals surface area contributed by atoms with Gasteiger partial charge >= 0.3 is 0 Å². The monoisotopic (exact) mass is 268 g/mol. The van der Waals surface area contributed by atoms with Crippen molar-refractivity contribution in [1.82, 2.24) is 10.3 Å². The van der Waals surface area contributed by atoms with Crippen LogP contribution in [0.3, 0.4) is 0 Å². The average Bonchev–Trinajstić information content (AvgIpc) is 2.86. The molecule has 2 nitrogen and oxygen atoms in total. The van der Waals surface area contributed by atoms with Gasteiger partial charge in [0.2, 0.25) is 0 Å². The largest absolute Gasteiger partial charge is 0.309 e. The van der Waals surface area contributed by atoms with Gasteiger partial charge in [-0.05, 0) is 54.7 Å². The number of thiophene rings is 1. The predicted molar refractivity (Wildman–Crippen MR) is 81.7 cm³/mol.